The highest BCUT2D eigenvalue weighted by molar-refractivity contribution is 7.89. The van der Waals surface area contributed by atoms with Crippen molar-refractivity contribution < 1.29 is 13.2 Å². The van der Waals surface area contributed by atoms with Gasteiger partial charge in [-0.2, -0.15) is 18.4 Å². The van der Waals surface area contributed by atoms with Crippen LogP contribution in [0.25, 0.3) is 0 Å². The molecule has 2 aromatic rings. The van der Waals surface area contributed by atoms with Crippen molar-refractivity contribution in [2.75, 3.05) is 7.11 Å². The van der Waals surface area contributed by atoms with Crippen LogP contribution in [0.2, 0.25) is 0 Å². The molecule has 6 heteroatoms. The van der Waals surface area contributed by atoms with E-state index in [1.54, 1.807) is 31.4 Å². The zero-order chi connectivity index (χ0) is 17.2. The number of aryl methyl sites for hydroxylation is 1. The second-order valence-corrected chi connectivity index (χ2v) is 7.47. The van der Waals surface area contributed by atoms with Crippen molar-refractivity contribution in [3.8, 4) is 5.75 Å². The van der Waals surface area contributed by atoms with Crippen LogP contribution in [0.5, 0.6) is 5.75 Å². The van der Waals surface area contributed by atoms with Crippen molar-refractivity contribution in [3.63, 3.8) is 0 Å². The van der Waals surface area contributed by atoms with Crippen LogP contribution < -0.4 is 9.57 Å². The number of methoxy groups -OCH3 is 1. The van der Waals surface area contributed by atoms with Crippen molar-refractivity contribution in [2.24, 2.45) is 5.10 Å². The average molecular weight is 344 g/mol. The molecule has 24 heavy (non-hydrogen) atoms. The molecule has 1 N–H and O–H groups in total. The fraction of sp³-hybridized carbons (Fsp3) is 0.278. The Labute approximate surface area is 142 Å². The lowest BCUT2D eigenvalue weighted by molar-refractivity contribution is 0.408. The van der Waals surface area contributed by atoms with Crippen molar-refractivity contribution in [3.05, 3.63) is 59.2 Å². The number of hydrogen-bond donors (Lipinski definition) is 1. The molecule has 0 heterocycles. The van der Waals surface area contributed by atoms with Gasteiger partial charge in [-0.15, -0.1) is 0 Å². The zero-order valence-electron chi connectivity index (χ0n) is 13.7. The minimum absolute atomic E-state index is 0.208. The maximum Gasteiger partial charge on any atom is 0.276 e. The number of hydrazone groups is 1. The smallest absolute Gasteiger partial charge is 0.276 e. The summed E-state index contributed by atoms with van der Waals surface area (Å²) in [5.74, 6) is 0.821. The predicted molar refractivity (Wildman–Crippen MR) is 94.0 cm³/mol. The number of rotatable bonds is 4. The molecule has 0 saturated heterocycles. The Hall–Kier alpha value is -2.34. The highest BCUT2D eigenvalue weighted by atomic mass is 32.2. The van der Waals surface area contributed by atoms with Crippen molar-refractivity contribution >= 4 is 15.7 Å². The molecular formula is C18H20N2O3S. The fourth-order valence-electron chi connectivity index (χ4n) is 2.85. The maximum atomic E-state index is 12.4. The highest BCUT2D eigenvalue weighted by Crippen LogP contribution is 2.29. The average Bonchev–Trinajstić information content (AvgIpc) is 2.59. The van der Waals surface area contributed by atoms with Gasteiger partial charge in [-0.3, -0.25) is 0 Å². The third-order valence-electron chi connectivity index (χ3n) is 4.14. The summed E-state index contributed by atoms with van der Waals surface area (Å²) in [4.78, 5) is 2.57. The van der Waals surface area contributed by atoms with E-state index in [9.17, 15) is 8.42 Å². The zero-order valence-corrected chi connectivity index (χ0v) is 14.6. The lowest BCUT2D eigenvalue weighted by Crippen LogP contribution is -2.22. The Bertz CT molecular complexity index is 872. The molecule has 0 fully saturated rings. The first kappa shape index (κ1) is 16.5. The normalized spacial score (nSPS) is 15.8. The van der Waals surface area contributed by atoms with E-state index in [1.165, 1.54) is 0 Å². The first-order chi connectivity index (χ1) is 11.5. The third kappa shape index (κ3) is 3.28. The Kier molecular flexibility index (Phi) is 4.57. The first-order valence-corrected chi connectivity index (χ1v) is 9.31. The molecule has 1 aliphatic rings. The Morgan fingerprint density at radius 1 is 1.08 bits per heavy atom. The van der Waals surface area contributed by atoms with E-state index in [-0.39, 0.29) is 4.90 Å². The van der Waals surface area contributed by atoms with Crippen LogP contribution in [0.4, 0.5) is 0 Å². The van der Waals surface area contributed by atoms with Crippen LogP contribution in [0.3, 0.4) is 0 Å². The summed E-state index contributed by atoms with van der Waals surface area (Å²) >= 11 is 0. The number of nitrogens with one attached hydrogen (secondary N) is 1. The molecule has 0 aliphatic heterocycles. The van der Waals surface area contributed by atoms with Gasteiger partial charge in [0.1, 0.15) is 5.75 Å². The van der Waals surface area contributed by atoms with Gasteiger partial charge < -0.3 is 4.74 Å². The largest absolute Gasteiger partial charge is 0.496 e. The van der Waals surface area contributed by atoms with E-state index in [2.05, 4.69) is 9.93 Å². The van der Waals surface area contributed by atoms with Crippen LogP contribution in [-0.4, -0.2) is 21.2 Å². The van der Waals surface area contributed by atoms with E-state index < -0.39 is 10.0 Å². The summed E-state index contributed by atoms with van der Waals surface area (Å²) in [6.45, 7) is 1.91. The number of ether oxygens (including phenoxy) is 1. The second-order valence-electron chi connectivity index (χ2n) is 5.81. The van der Waals surface area contributed by atoms with Crippen LogP contribution in [0, 0.1) is 6.92 Å². The number of hydrogen-bond acceptors (Lipinski definition) is 4. The van der Waals surface area contributed by atoms with E-state index in [0.717, 1.165) is 47.4 Å². The van der Waals surface area contributed by atoms with Gasteiger partial charge >= 0.3 is 0 Å². The Balaban J connectivity index is 1.90. The molecule has 2 aromatic carbocycles. The maximum absolute atomic E-state index is 12.4. The van der Waals surface area contributed by atoms with Gasteiger partial charge in [-0.1, -0.05) is 29.8 Å². The number of nitrogens with zero attached hydrogens (tertiary/aromatic N) is 1. The molecule has 0 amide bonds. The molecular weight excluding hydrogens is 324 g/mol. The number of fused-ring (bicyclic) bond motifs is 1. The molecule has 1 aliphatic carbocycles. The molecule has 0 unspecified atom stereocenters. The second kappa shape index (κ2) is 6.65. The highest BCUT2D eigenvalue weighted by Gasteiger charge is 2.20. The lowest BCUT2D eigenvalue weighted by atomic mass is 9.89. The fourth-order valence-corrected chi connectivity index (χ4v) is 3.68. The molecule has 0 saturated carbocycles. The topological polar surface area (TPSA) is 67.8 Å². The van der Waals surface area contributed by atoms with E-state index in [1.807, 2.05) is 25.1 Å². The lowest BCUT2D eigenvalue weighted by Gasteiger charge is -2.20. The SMILES string of the molecule is COc1cccc2c1CCC/C2=N\NS(=O)(=O)c1ccc(C)cc1. The van der Waals surface area contributed by atoms with Gasteiger partial charge in [0, 0.05) is 11.1 Å². The summed E-state index contributed by atoms with van der Waals surface area (Å²) in [7, 11) is -2.02. The minimum Gasteiger partial charge on any atom is -0.496 e. The molecule has 126 valence electrons. The third-order valence-corrected chi connectivity index (χ3v) is 5.36. The van der Waals surface area contributed by atoms with Gasteiger partial charge in [0.05, 0.1) is 17.7 Å². The molecule has 0 spiro atoms. The number of sulfonamides is 1. The summed E-state index contributed by atoms with van der Waals surface area (Å²) in [5, 5.41) is 4.19. The summed E-state index contributed by atoms with van der Waals surface area (Å²) in [6, 6.07) is 12.5. The minimum atomic E-state index is -3.66. The van der Waals surface area contributed by atoms with Crippen LogP contribution in [0.15, 0.2) is 52.5 Å². The van der Waals surface area contributed by atoms with E-state index in [0.29, 0.717) is 0 Å². The Morgan fingerprint density at radius 3 is 2.54 bits per heavy atom. The quantitative estimate of drug-likeness (QED) is 0.867. The van der Waals surface area contributed by atoms with Crippen molar-refractivity contribution in [2.45, 2.75) is 31.1 Å². The molecule has 0 bridgehead atoms. The van der Waals surface area contributed by atoms with Crippen LogP contribution in [-0.2, 0) is 16.4 Å². The van der Waals surface area contributed by atoms with Crippen molar-refractivity contribution in [1.29, 1.82) is 0 Å². The molecule has 0 aromatic heterocycles. The van der Waals surface area contributed by atoms with Crippen molar-refractivity contribution in [1.82, 2.24) is 4.83 Å². The van der Waals surface area contributed by atoms with Gasteiger partial charge in [-0.25, -0.2) is 0 Å². The van der Waals surface area contributed by atoms with Gasteiger partial charge in [0.15, 0.2) is 0 Å². The summed E-state index contributed by atoms with van der Waals surface area (Å²) < 4.78 is 30.1. The molecule has 3 rings (SSSR count). The van der Waals surface area contributed by atoms with Crippen LogP contribution in [0.1, 0.15) is 29.5 Å². The van der Waals surface area contributed by atoms with Gasteiger partial charge in [-0.05, 0) is 44.4 Å². The molecule has 5 nitrogen and oxygen atoms in total. The van der Waals surface area contributed by atoms with Gasteiger partial charge in [0.25, 0.3) is 10.0 Å². The number of benzene rings is 2. The van der Waals surface area contributed by atoms with E-state index in [4.69, 9.17) is 4.74 Å². The molecule has 0 atom stereocenters. The standard InChI is InChI=1S/C18H20N2O3S/c1-13-9-11-14(12-10-13)24(21,22)20-19-17-7-3-6-16-15(17)5-4-8-18(16)23-2/h4-5,8-12,20H,3,6-7H2,1-2H3/b19-17+. The first-order valence-electron chi connectivity index (χ1n) is 7.82. The van der Waals surface area contributed by atoms with Gasteiger partial charge in [0.2, 0.25) is 0 Å². The predicted octanol–water partition coefficient (Wildman–Crippen LogP) is 3.02. The van der Waals surface area contributed by atoms with E-state index >= 15 is 0 Å². The monoisotopic (exact) mass is 344 g/mol. The molecule has 0 radical (unpaired) electrons. The summed E-state index contributed by atoms with van der Waals surface area (Å²) in [5.41, 5.74) is 3.78. The Morgan fingerprint density at radius 2 is 1.83 bits per heavy atom. The summed E-state index contributed by atoms with van der Waals surface area (Å²) in [6.07, 6.45) is 2.55. The van der Waals surface area contributed by atoms with Crippen LogP contribution >= 0.6 is 0 Å².